The van der Waals surface area contributed by atoms with Crippen LogP contribution < -0.4 is 0 Å². The molecule has 0 bridgehead atoms. The number of amides is 1. The predicted molar refractivity (Wildman–Crippen MR) is 84.0 cm³/mol. The van der Waals surface area contributed by atoms with Gasteiger partial charge in [-0.3, -0.25) is 9.78 Å². The molecule has 1 unspecified atom stereocenters. The van der Waals surface area contributed by atoms with E-state index >= 15 is 0 Å². The van der Waals surface area contributed by atoms with Gasteiger partial charge in [0.25, 0.3) is 11.8 Å². The van der Waals surface area contributed by atoms with Crippen molar-refractivity contribution in [3.63, 3.8) is 0 Å². The van der Waals surface area contributed by atoms with Gasteiger partial charge in [0.2, 0.25) is 0 Å². The van der Waals surface area contributed by atoms with E-state index in [-0.39, 0.29) is 5.91 Å². The molecule has 7 nitrogen and oxygen atoms in total. The first-order valence-electron chi connectivity index (χ1n) is 7.85. The summed E-state index contributed by atoms with van der Waals surface area (Å²) in [4.78, 5) is 22.5. The Morgan fingerprint density at radius 2 is 2.17 bits per heavy atom. The number of hydrogen-bond acceptors (Lipinski definition) is 6. The molecule has 1 aliphatic rings. The lowest BCUT2D eigenvalue weighted by atomic mass is 10.1. The predicted octanol–water partition coefficient (Wildman–Crippen LogP) is 2.43. The molecule has 0 radical (unpaired) electrons. The summed E-state index contributed by atoms with van der Waals surface area (Å²) in [5.74, 6) is 1.81. The Labute approximate surface area is 138 Å². The van der Waals surface area contributed by atoms with Crippen LogP contribution in [0.3, 0.4) is 0 Å². The van der Waals surface area contributed by atoms with Crippen molar-refractivity contribution in [1.29, 1.82) is 0 Å². The summed E-state index contributed by atoms with van der Waals surface area (Å²) >= 11 is 0. The van der Waals surface area contributed by atoms with E-state index in [2.05, 4.69) is 15.1 Å². The number of carbonyl (C=O) groups is 1. The zero-order chi connectivity index (χ0) is 16.4. The van der Waals surface area contributed by atoms with Crippen molar-refractivity contribution in [2.75, 3.05) is 13.1 Å². The minimum absolute atomic E-state index is 0.0620. The molecule has 24 heavy (non-hydrogen) atoms. The normalized spacial score (nSPS) is 17.3. The second-order valence-corrected chi connectivity index (χ2v) is 5.84. The highest BCUT2D eigenvalue weighted by Gasteiger charge is 2.29. The first kappa shape index (κ1) is 14.6. The highest BCUT2D eigenvalue weighted by Crippen LogP contribution is 2.23. The van der Waals surface area contributed by atoms with Gasteiger partial charge in [-0.15, -0.1) is 0 Å². The third-order valence-corrected chi connectivity index (χ3v) is 4.17. The number of pyridine rings is 1. The van der Waals surface area contributed by atoms with Crippen molar-refractivity contribution in [3.05, 3.63) is 54.5 Å². The Morgan fingerprint density at radius 3 is 2.96 bits per heavy atom. The smallest absolute Gasteiger partial charge is 0.289 e. The quantitative estimate of drug-likeness (QED) is 0.733. The zero-order valence-electron chi connectivity index (χ0n) is 13.0. The summed E-state index contributed by atoms with van der Waals surface area (Å²) in [5.41, 5.74) is 0.852. The molecule has 1 atom stereocenters. The number of carbonyl (C=O) groups excluding carboxylic acids is 1. The van der Waals surface area contributed by atoms with E-state index < -0.39 is 0 Å². The lowest BCUT2D eigenvalue weighted by molar-refractivity contribution is 0.0755. The number of likely N-dealkylation sites (tertiary alicyclic amines) is 1. The van der Waals surface area contributed by atoms with Gasteiger partial charge in [0.15, 0.2) is 11.6 Å². The van der Waals surface area contributed by atoms with Crippen LogP contribution in [-0.4, -0.2) is 39.0 Å². The van der Waals surface area contributed by atoms with Crippen LogP contribution in [0.1, 0.15) is 22.8 Å². The summed E-state index contributed by atoms with van der Waals surface area (Å²) in [6.45, 7) is 1.40. The Hall–Kier alpha value is -2.96. The largest absolute Gasteiger partial charge is 0.459 e. The maximum Gasteiger partial charge on any atom is 0.289 e. The van der Waals surface area contributed by atoms with E-state index in [0.717, 1.165) is 18.5 Å². The molecule has 1 fully saturated rings. The molecule has 4 heterocycles. The average Bonchev–Trinajstić information content (AvgIpc) is 3.37. The van der Waals surface area contributed by atoms with Crippen LogP contribution in [0.25, 0.3) is 11.5 Å². The molecule has 0 spiro atoms. The van der Waals surface area contributed by atoms with Crippen LogP contribution in [0.4, 0.5) is 0 Å². The molecule has 1 saturated heterocycles. The number of nitrogens with zero attached hydrogens (tertiary/aromatic N) is 4. The van der Waals surface area contributed by atoms with Crippen LogP contribution in [0, 0.1) is 5.92 Å². The summed E-state index contributed by atoms with van der Waals surface area (Å²) < 4.78 is 10.5. The summed E-state index contributed by atoms with van der Waals surface area (Å²) in [5, 5.41) is 4.05. The summed E-state index contributed by atoms with van der Waals surface area (Å²) in [6, 6.07) is 7.07. The second-order valence-electron chi connectivity index (χ2n) is 5.84. The molecule has 0 N–H and O–H groups in total. The van der Waals surface area contributed by atoms with E-state index in [4.69, 9.17) is 8.94 Å². The lowest BCUT2D eigenvalue weighted by Gasteiger charge is -2.14. The third kappa shape index (κ3) is 2.92. The molecule has 0 aliphatic carbocycles. The molecule has 4 rings (SSSR count). The third-order valence-electron chi connectivity index (χ3n) is 4.17. The number of hydrogen-bond donors (Lipinski definition) is 0. The molecule has 7 heteroatoms. The van der Waals surface area contributed by atoms with Gasteiger partial charge >= 0.3 is 0 Å². The zero-order valence-corrected chi connectivity index (χ0v) is 13.0. The van der Waals surface area contributed by atoms with Crippen molar-refractivity contribution in [2.24, 2.45) is 5.92 Å². The maximum atomic E-state index is 12.3. The van der Waals surface area contributed by atoms with Crippen LogP contribution in [0.5, 0.6) is 0 Å². The average molecular weight is 324 g/mol. The fourth-order valence-electron chi connectivity index (χ4n) is 2.95. The molecule has 3 aromatic heterocycles. The van der Waals surface area contributed by atoms with Gasteiger partial charge < -0.3 is 13.8 Å². The maximum absolute atomic E-state index is 12.3. The highest BCUT2D eigenvalue weighted by molar-refractivity contribution is 5.91. The molecular weight excluding hydrogens is 308 g/mol. The molecule has 0 aromatic carbocycles. The van der Waals surface area contributed by atoms with Gasteiger partial charge in [-0.05, 0) is 36.6 Å². The fourth-order valence-corrected chi connectivity index (χ4v) is 2.95. The van der Waals surface area contributed by atoms with Crippen LogP contribution in [-0.2, 0) is 6.42 Å². The Bertz CT molecular complexity index is 814. The minimum atomic E-state index is -0.0620. The highest BCUT2D eigenvalue weighted by atomic mass is 16.5. The van der Waals surface area contributed by atoms with Crippen molar-refractivity contribution < 1.29 is 13.7 Å². The first-order chi connectivity index (χ1) is 11.8. The fraction of sp³-hybridized carbons (Fsp3) is 0.294. The van der Waals surface area contributed by atoms with Crippen LogP contribution in [0.2, 0.25) is 0 Å². The van der Waals surface area contributed by atoms with Gasteiger partial charge in [-0.2, -0.15) is 4.98 Å². The molecule has 1 amide bonds. The molecule has 1 aliphatic heterocycles. The van der Waals surface area contributed by atoms with E-state index in [1.807, 2.05) is 17.0 Å². The standard InChI is InChI=1S/C17H16N4O3/c22-17(14-2-1-9-23-14)21-8-5-12(11-21)10-15-19-16(24-20-15)13-3-6-18-7-4-13/h1-4,6-7,9,12H,5,8,10-11H2. The van der Waals surface area contributed by atoms with Gasteiger partial charge in [0.05, 0.1) is 6.26 Å². The van der Waals surface area contributed by atoms with Gasteiger partial charge in [-0.25, -0.2) is 0 Å². The van der Waals surface area contributed by atoms with Gasteiger partial charge in [0, 0.05) is 37.5 Å². The van der Waals surface area contributed by atoms with E-state index in [1.54, 1.807) is 24.5 Å². The monoisotopic (exact) mass is 324 g/mol. The summed E-state index contributed by atoms with van der Waals surface area (Å²) in [7, 11) is 0. The van der Waals surface area contributed by atoms with Crippen LogP contribution in [0.15, 0.2) is 51.9 Å². The molecular formula is C17H16N4O3. The SMILES string of the molecule is O=C(c1ccco1)N1CCC(Cc2noc(-c3ccncc3)n2)C1. The number of rotatable bonds is 4. The van der Waals surface area contributed by atoms with Crippen molar-refractivity contribution >= 4 is 5.91 Å². The molecule has 122 valence electrons. The van der Waals surface area contributed by atoms with Gasteiger partial charge in [0.1, 0.15) is 0 Å². The lowest BCUT2D eigenvalue weighted by Crippen LogP contribution is -2.28. The van der Waals surface area contributed by atoms with Gasteiger partial charge in [-0.1, -0.05) is 5.16 Å². The molecule has 3 aromatic rings. The Morgan fingerprint density at radius 1 is 1.29 bits per heavy atom. The Kier molecular flexibility index (Phi) is 3.82. The van der Waals surface area contributed by atoms with Crippen molar-refractivity contribution in [2.45, 2.75) is 12.8 Å². The van der Waals surface area contributed by atoms with E-state index in [0.29, 0.717) is 36.4 Å². The summed E-state index contributed by atoms with van der Waals surface area (Å²) in [6.07, 6.45) is 6.51. The van der Waals surface area contributed by atoms with Crippen LogP contribution >= 0.6 is 0 Å². The molecule has 0 saturated carbocycles. The van der Waals surface area contributed by atoms with Crippen molar-refractivity contribution in [1.82, 2.24) is 20.0 Å². The van der Waals surface area contributed by atoms with Crippen molar-refractivity contribution in [3.8, 4) is 11.5 Å². The van der Waals surface area contributed by atoms with E-state index in [1.165, 1.54) is 6.26 Å². The number of furan rings is 1. The van der Waals surface area contributed by atoms with E-state index in [9.17, 15) is 4.79 Å². The number of aromatic nitrogens is 3. The second kappa shape index (κ2) is 6.27. The minimum Gasteiger partial charge on any atom is -0.459 e. The first-order valence-corrected chi connectivity index (χ1v) is 7.85. The topological polar surface area (TPSA) is 85.3 Å². The Balaban J connectivity index is 1.39.